The highest BCUT2D eigenvalue weighted by molar-refractivity contribution is 6.34. The predicted octanol–water partition coefficient (Wildman–Crippen LogP) is 2.79. The van der Waals surface area contributed by atoms with E-state index in [2.05, 4.69) is 10.3 Å². The van der Waals surface area contributed by atoms with E-state index in [1.807, 2.05) is 6.92 Å². The summed E-state index contributed by atoms with van der Waals surface area (Å²) >= 11 is 6.01. The molecule has 0 aliphatic rings. The molecular weight excluding hydrogens is 296 g/mol. The number of pyridine rings is 1. The van der Waals surface area contributed by atoms with Crippen LogP contribution in [-0.4, -0.2) is 15.8 Å². The predicted molar refractivity (Wildman–Crippen MR) is 79.4 cm³/mol. The lowest BCUT2D eigenvalue weighted by atomic mass is 10.2. The summed E-state index contributed by atoms with van der Waals surface area (Å²) in [6.45, 7) is 1.85. The Hall–Kier alpha value is -2.67. The lowest BCUT2D eigenvalue weighted by Crippen LogP contribution is -2.15. The first kappa shape index (κ1) is 14.7. The fourth-order valence-electron chi connectivity index (χ4n) is 1.70. The van der Waals surface area contributed by atoms with E-state index in [0.29, 0.717) is 10.7 Å². The maximum absolute atomic E-state index is 12.2. The van der Waals surface area contributed by atoms with Gasteiger partial charge in [0.25, 0.3) is 11.6 Å². The van der Waals surface area contributed by atoms with E-state index >= 15 is 0 Å². The van der Waals surface area contributed by atoms with Crippen LogP contribution in [0.1, 0.15) is 15.9 Å². The number of nitrogens with two attached hydrogens (primary N) is 1. The molecule has 1 heterocycles. The summed E-state index contributed by atoms with van der Waals surface area (Å²) in [5, 5.41) is 13.8. The molecule has 0 bridgehead atoms. The standard InChI is InChI=1S/C13H11ClN4O3/c1-7-2-3-10(9(14)4-7)17-13(19)8-5-12(15)16-6-11(8)18(20)21/h2-6H,1H3,(H2,15,16)(H,17,19). The Morgan fingerprint density at radius 3 is 2.76 bits per heavy atom. The van der Waals surface area contributed by atoms with Crippen LogP contribution in [0.25, 0.3) is 0 Å². The van der Waals surface area contributed by atoms with Gasteiger partial charge in [-0.2, -0.15) is 0 Å². The molecule has 108 valence electrons. The molecule has 8 heteroatoms. The molecule has 1 aromatic heterocycles. The summed E-state index contributed by atoms with van der Waals surface area (Å²) < 4.78 is 0. The molecule has 1 aromatic carbocycles. The highest BCUT2D eigenvalue weighted by atomic mass is 35.5. The molecule has 0 aliphatic carbocycles. The first-order chi connectivity index (χ1) is 9.88. The molecule has 0 fully saturated rings. The van der Waals surface area contributed by atoms with Crippen LogP contribution in [0, 0.1) is 17.0 Å². The van der Waals surface area contributed by atoms with Crippen molar-refractivity contribution >= 4 is 34.7 Å². The first-order valence-electron chi connectivity index (χ1n) is 5.86. The van der Waals surface area contributed by atoms with Crippen molar-refractivity contribution in [1.82, 2.24) is 4.98 Å². The number of amides is 1. The number of nitrogen functional groups attached to an aromatic ring is 1. The molecule has 1 amide bonds. The summed E-state index contributed by atoms with van der Waals surface area (Å²) in [7, 11) is 0. The fourth-order valence-corrected chi connectivity index (χ4v) is 1.99. The number of carbonyl (C=O) groups is 1. The first-order valence-corrected chi connectivity index (χ1v) is 6.23. The van der Waals surface area contributed by atoms with Crippen molar-refractivity contribution in [2.75, 3.05) is 11.1 Å². The SMILES string of the molecule is Cc1ccc(NC(=O)c2cc(N)ncc2[N+](=O)[O-])c(Cl)c1. The quantitative estimate of drug-likeness (QED) is 0.669. The van der Waals surface area contributed by atoms with Gasteiger partial charge in [0.15, 0.2) is 0 Å². The van der Waals surface area contributed by atoms with Crippen LogP contribution in [0.2, 0.25) is 5.02 Å². The van der Waals surface area contributed by atoms with E-state index < -0.39 is 16.5 Å². The maximum atomic E-state index is 12.2. The highest BCUT2D eigenvalue weighted by Gasteiger charge is 2.21. The van der Waals surface area contributed by atoms with Crippen LogP contribution in [0.3, 0.4) is 0 Å². The van der Waals surface area contributed by atoms with E-state index in [0.717, 1.165) is 17.8 Å². The van der Waals surface area contributed by atoms with Gasteiger partial charge in [0.1, 0.15) is 17.6 Å². The third-order valence-electron chi connectivity index (χ3n) is 2.72. The van der Waals surface area contributed by atoms with Crippen LogP contribution in [0.5, 0.6) is 0 Å². The average Bonchev–Trinajstić information content (AvgIpc) is 2.41. The monoisotopic (exact) mass is 306 g/mol. The van der Waals surface area contributed by atoms with E-state index in [1.165, 1.54) is 0 Å². The molecule has 2 aromatic rings. The normalized spacial score (nSPS) is 10.2. The zero-order valence-electron chi connectivity index (χ0n) is 11.0. The van der Waals surface area contributed by atoms with Gasteiger partial charge in [0.05, 0.1) is 15.6 Å². The Morgan fingerprint density at radius 1 is 1.43 bits per heavy atom. The van der Waals surface area contributed by atoms with Crippen LogP contribution in [0.15, 0.2) is 30.5 Å². The van der Waals surface area contributed by atoms with Gasteiger partial charge in [-0.25, -0.2) is 4.98 Å². The number of aromatic nitrogens is 1. The van der Waals surface area contributed by atoms with E-state index in [4.69, 9.17) is 17.3 Å². The molecule has 2 rings (SSSR count). The van der Waals surface area contributed by atoms with E-state index in [1.54, 1.807) is 18.2 Å². The number of benzene rings is 1. The van der Waals surface area contributed by atoms with Gasteiger partial charge in [0, 0.05) is 0 Å². The van der Waals surface area contributed by atoms with Gasteiger partial charge in [-0.05, 0) is 30.7 Å². The molecule has 7 nitrogen and oxygen atoms in total. The minimum atomic E-state index is -0.696. The molecule has 21 heavy (non-hydrogen) atoms. The number of carbonyl (C=O) groups excluding carboxylic acids is 1. The second-order valence-corrected chi connectivity index (χ2v) is 4.73. The highest BCUT2D eigenvalue weighted by Crippen LogP contribution is 2.25. The van der Waals surface area contributed by atoms with Crippen LogP contribution in [-0.2, 0) is 0 Å². The number of halogens is 1. The van der Waals surface area contributed by atoms with E-state index in [9.17, 15) is 14.9 Å². The van der Waals surface area contributed by atoms with Gasteiger partial charge < -0.3 is 11.1 Å². The largest absolute Gasteiger partial charge is 0.384 e. The summed E-state index contributed by atoms with van der Waals surface area (Å²) in [6.07, 6.45) is 0.945. The lowest BCUT2D eigenvalue weighted by molar-refractivity contribution is -0.385. The Morgan fingerprint density at radius 2 is 2.14 bits per heavy atom. The number of nitrogens with zero attached hydrogens (tertiary/aromatic N) is 2. The minimum absolute atomic E-state index is 0.0146. The topological polar surface area (TPSA) is 111 Å². The molecular formula is C13H11ClN4O3. The number of nitro groups is 1. The van der Waals surface area contributed by atoms with Crippen LogP contribution >= 0.6 is 11.6 Å². The van der Waals surface area contributed by atoms with Crippen molar-refractivity contribution in [1.29, 1.82) is 0 Å². The third-order valence-corrected chi connectivity index (χ3v) is 3.03. The second kappa shape index (κ2) is 5.76. The average molecular weight is 307 g/mol. The fraction of sp³-hybridized carbons (Fsp3) is 0.0769. The Labute approximate surface area is 124 Å². The summed E-state index contributed by atoms with van der Waals surface area (Å²) in [5.74, 6) is -0.665. The minimum Gasteiger partial charge on any atom is -0.384 e. The van der Waals surface area contributed by atoms with Crippen LogP contribution in [0.4, 0.5) is 17.2 Å². The van der Waals surface area contributed by atoms with Gasteiger partial charge in [-0.15, -0.1) is 0 Å². The molecule has 3 N–H and O–H groups in total. The number of hydrogen-bond acceptors (Lipinski definition) is 5. The van der Waals surface area contributed by atoms with Crippen molar-refractivity contribution in [3.05, 3.63) is 56.7 Å². The Kier molecular flexibility index (Phi) is 4.04. The number of anilines is 2. The summed E-state index contributed by atoms with van der Waals surface area (Å²) in [5.41, 5.74) is 6.15. The Bertz CT molecular complexity index is 733. The molecule has 0 aliphatic heterocycles. The number of aryl methyl sites for hydroxylation is 1. The summed E-state index contributed by atoms with van der Waals surface area (Å²) in [4.78, 5) is 26.0. The van der Waals surface area contributed by atoms with Gasteiger partial charge >= 0.3 is 0 Å². The smallest absolute Gasteiger partial charge is 0.300 e. The Balaban J connectivity index is 2.36. The molecule has 0 saturated heterocycles. The van der Waals surface area contributed by atoms with Gasteiger partial charge in [-0.1, -0.05) is 17.7 Å². The molecule has 0 spiro atoms. The maximum Gasteiger partial charge on any atom is 0.300 e. The molecule has 0 unspecified atom stereocenters. The van der Waals surface area contributed by atoms with Gasteiger partial charge in [-0.3, -0.25) is 14.9 Å². The number of hydrogen-bond donors (Lipinski definition) is 2. The van der Waals surface area contributed by atoms with Crippen molar-refractivity contribution in [3.8, 4) is 0 Å². The summed E-state index contributed by atoms with van der Waals surface area (Å²) in [6, 6.07) is 6.20. The van der Waals surface area contributed by atoms with Crippen molar-refractivity contribution in [2.45, 2.75) is 6.92 Å². The number of rotatable bonds is 3. The van der Waals surface area contributed by atoms with Crippen molar-refractivity contribution in [3.63, 3.8) is 0 Å². The van der Waals surface area contributed by atoms with Crippen molar-refractivity contribution < 1.29 is 9.72 Å². The zero-order chi connectivity index (χ0) is 15.6. The van der Waals surface area contributed by atoms with Gasteiger partial charge in [0.2, 0.25) is 0 Å². The molecule has 0 atom stereocenters. The lowest BCUT2D eigenvalue weighted by Gasteiger charge is -2.08. The molecule has 0 radical (unpaired) electrons. The van der Waals surface area contributed by atoms with Crippen molar-refractivity contribution in [2.24, 2.45) is 0 Å². The van der Waals surface area contributed by atoms with E-state index in [-0.39, 0.29) is 11.4 Å². The third kappa shape index (κ3) is 3.26. The molecule has 0 saturated carbocycles. The number of nitrogens with one attached hydrogen (secondary N) is 1. The van der Waals surface area contributed by atoms with Crippen LogP contribution < -0.4 is 11.1 Å². The second-order valence-electron chi connectivity index (χ2n) is 4.32. The zero-order valence-corrected chi connectivity index (χ0v) is 11.7.